The summed E-state index contributed by atoms with van der Waals surface area (Å²) in [6.45, 7) is 0. The number of methoxy groups -OCH3 is 1. The summed E-state index contributed by atoms with van der Waals surface area (Å²) in [4.78, 5) is -1.22. The number of hydrogen-bond acceptors (Lipinski definition) is 1. The molecule has 13 heavy (non-hydrogen) atoms. The summed E-state index contributed by atoms with van der Waals surface area (Å²) in [6.07, 6.45) is 0. The third-order valence-electron chi connectivity index (χ3n) is 1.51. The summed E-state index contributed by atoms with van der Waals surface area (Å²) in [5.41, 5.74) is -0.357. The van der Waals surface area contributed by atoms with Crippen LogP contribution < -0.4 is 4.74 Å². The third kappa shape index (κ3) is 2.23. The summed E-state index contributed by atoms with van der Waals surface area (Å²) < 4.78 is 30.8. The Kier molecular flexibility index (Phi) is 3.33. The Morgan fingerprint density at radius 1 is 1.23 bits per heavy atom. The van der Waals surface area contributed by atoms with Gasteiger partial charge in [-0.05, 0) is 0 Å². The molecule has 0 bridgehead atoms. The van der Waals surface area contributed by atoms with Crippen molar-refractivity contribution in [1.29, 1.82) is 0 Å². The second-order valence-electron chi connectivity index (χ2n) is 2.31. The van der Waals surface area contributed by atoms with Crippen LogP contribution in [0.25, 0.3) is 0 Å². The molecule has 1 nitrogen and oxygen atoms in total. The molecule has 1 rings (SSSR count). The molecule has 0 aliphatic rings. The Hall–Kier alpha value is -0.540. The maximum absolute atomic E-state index is 13.1. The second kappa shape index (κ2) is 4.11. The highest BCUT2D eigenvalue weighted by Gasteiger charge is 2.17. The van der Waals surface area contributed by atoms with Gasteiger partial charge in [0.2, 0.25) is 0 Å². The van der Waals surface area contributed by atoms with Gasteiger partial charge in [0.15, 0.2) is 0 Å². The smallest absolute Gasteiger partial charge is 0.138 e. The van der Waals surface area contributed by atoms with Gasteiger partial charge in [-0.3, -0.25) is 0 Å². The van der Waals surface area contributed by atoms with E-state index in [1.54, 1.807) is 0 Å². The number of alkyl halides is 2. The minimum absolute atomic E-state index is 0.0905. The molecule has 0 N–H and O–H groups in total. The zero-order valence-corrected chi connectivity index (χ0v) is 8.16. The number of rotatable bonds is 2. The monoisotopic (exact) mass is 226 g/mol. The van der Waals surface area contributed by atoms with Gasteiger partial charge in [0, 0.05) is 12.1 Å². The first-order valence-corrected chi connectivity index (χ1v) is 4.24. The van der Waals surface area contributed by atoms with Crippen molar-refractivity contribution in [2.24, 2.45) is 0 Å². The van der Waals surface area contributed by atoms with E-state index in [0.29, 0.717) is 0 Å². The van der Waals surface area contributed by atoms with Crippen LogP contribution in [0.15, 0.2) is 12.1 Å². The molecule has 0 aromatic heterocycles. The predicted molar refractivity (Wildman–Crippen MR) is 47.4 cm³/mol. The molecule has 0 radical (unpaired) electrons. The van der Waals surface area contributed by atoms with E-state index in [2.05, 4.69) is 4.74 Å². The molecule has 0 aliphatic heterocycles. The average Bonchev–Trinajstić information content (AvgIpc) is 2.02. The van der Waals surface area contributed by atoms with E-state index in [1.165, 1.54) is 7.11 Å². The van der Waals surface area contributed by atoms with Gasteiger partial charge in [-0.25, -0.2) is 8.78 Å². The van der Waals surface area contributed by atoms with Crippen LogP contribution in [0.2, 0.25) is 0 Å². The number of ether oxygens (including phenoxy) is 1. The lowest BCUT2D eigenvalue weighted by Gasteiger charge is -2.07. The molecule has 1 aromatic rings. The molecule has 0 unspecified atom stereocenters. The van der Waals surface area contributed by atoms with Crippen molar-refractivity contribution in [2.45, 2.75) is 4.84 Å². The molecular formula is C8H6Cl2F2O. The van der Waals surface area contributed by atoms with Crippen LogP contribution in [-0.4, -0.2) is 7.11 Å². The Balaban J connectivity index is 3.23. The lowest BCUT2D eigenvalue weighted by atomic mass is 10.2. The first-order chi connectivity index (χ1) is 6.06. The summed E-state index contributed by atoms with van der Waals surface area (Å²) in [7, 11) is 1.31. The van der Waals surface area contributed by atoms with E-state index in [0.717, 1.165) is 12.1 Å². The fourth-order valence-corrected chi connectivity index (χ4v) is 1.30. The number of benzene rings is 1. The van der Waals surface area contributed by atoms with E-state index in [9.17, 15) is 8.78 Å². The van der Waals surface area contributed by atoms with Crippen LogP contribution in [0.1, 0.15) is 10.4 Å². The Bertz CT molecular complexity index is 292. The zero-order chi connectivity index (χ0) is 10.0. The van der Waals surface area contributed by atoms with Crippen molar-refractivity contribution in [2.75, 3.05) is 7.11 Å². The highest BCUT2D eigenvalue weighted by Crippen LogP contribution is 2.31. The molecule has 72 valence electrons. The molecule has 0 heterocycles. The molecule has 0 saturated carbocycles. The molecule has 1 aromatic carbocycles. The van der Waals surface area contributed by atoms with Gasteiger partial charge in [0.05, 0.1) is 12.7 Å². The maximum atomic E-state index is 13.1. The molecule has 5 heteroatoms. The maximum Gasteiger partial charge on any atom is 0.138 e. The zero-order valence-electron chi connectivity index (χ0n) is 6.65. The van der Waals surface area contributed by atoms with Crippen molar-refractivity contribution in [1.82, 2.24) is 0 Å². The quantitative estimate of drug-likeness (QED) is 0.703. The highest BCUT2D eigenvalue weighted by molar-refractivity contribution is 6.44. The van der Waals surface area contributed by atoms with Crippen molar-refractivity contribution in [3.05, 3.63) is 29.3 Å². The second-order valence-corrected chi connectivity index (χ2v) is 3.40. The average molecular weight is 227 g/mol. The first-order valence-electron chi connectivity index (χ1n) is 3.37. The van der Waals surface area contributed by atoms with Crippen molar-refractivity contribution in [3.63, 3.8) is 0 Å². The lowest BCUT2D eigenvalue weighted by molar-refractivity contribution is 0.405. The number of halogens is 4. The normalized spacial score (nSPS) is 10.6. The van der Waals surface area contributed by atoms with Crippen molar-refractivity contribution < 1.29 is 13.5 Å². The van der Waals surface area contributed by atoms with Crippen LogP contribution in [0.5, 0.6) is 5.75 Å². The van der Waals surface area contributed by atoms with Crippen LogP contribution >= 0.6 is 23.2 Å². The lowest BCUT2D eigenvalue weighted by Crippen LogP contribution is -1.96. The van der Waals surface area contributed by atoms with Crippen LogP contribution in [0.3, 0.4) is 0 Å². The van der Waals surface area contributed by atoms with Crippen molar-refractivity contribution in [3.8, 4) is 5.75 Å². The predicted octanol–water partition coefficient (Wildman–Crippen LogP) is 3.45. The Morgan fingerprint density at radius 3 is 2.00 bits per heavy atom. The van der Waals surface area contributed by atoms with Gasteiger partial charge in [-0.2, -0.15) is 0 Å². The fourth-order valence-electron chi connectivity index (χ4n) is 0.887. The van der Waals surface area contributed by atoms with E-state index in [1.807, 2.05) is 0 Å². The van der Waals surface area contributed by atoms with Gasteiger partial charge in [-0.15, -0.1) is 0 Å². The van der Waals surface area contributed by atoms with E-state index in [4.69, 9.17) is 23.2 Å². The summed E-state index contributed by atoms with van der Waals surface area (Å²) >= 11 is 10.7. The van der Waals surface area contributed by atoms with Crippen LogP contribution in [-0.2, 0) is 0 Å². The SMILES string of the molecule is COc1cc(F)c(C(Cl)Cl)c(F)c1. The van der Waals surface area contributed by atoms with Gasteiger partial charge in [0.1, 0.15) is 22.2 Å². The summed E-state index contributed by atoms with van der Waals surface area (Å²) in [5.74, 6) is -1.54. The standard InChI is InChI=1S/C8H6Cl2F2O/c1-13-4-2-5(11)7(8(9)10)6(12)3-4/h2-3,8H,1H3. The Labute approximate surface area is 84.2 Å². The van der Waals surface area contributed by atoms with E-state index < -0.39 is 16.5 Å². The molecule has 0 spiro atoms. The van der Waals surface area contributed by atoms with Crippen LogP contribution in [0.4, 0.5) is 8.78 Å². The van der Waals surface area contributed by atoms with Crippen LogP contribution in [0, 0.1) is 11.6 Å². The summed E-state index contributed by atoms with van der Waals surface area (Å²) in [5, 5.41) is 0. The molecule has 0 fully saturated rings. The largest absolute Gasteiger partial charge is 0.497 e. The highest BCUT2D eigenvalue weighted by atomic mass is 35.5. The third-order valence-corrected chi connectivity index (χ3v) is 1.94. The Morgan fingerprint density at radius 2 is 1.69 bits per heavy atom. The van der Waals surface area contributed by atoms with Gasteiger partial charge < -0.3 is 4.74 Å². The van der Waals surface area contributed by atoms with Gasteiger partial charge >= 0.3 is 0 Å². The van der Waals surface area contributed by atoms with Crippen molar-refractivity contribution >= 4 is 23.2 Å². The van der Waals surface area contributed by atoms with E-state index >= 15 is 0 Å². The minimum atomic E-state index is -1.22. The fraction of sp³-hybridized carbons (Fsp3) is 0.250. The molecular weight excluding hydrogens is 221 g/mol. The molecule has 0 atom stereocenters. The summed E-state index contributed by atoms with van der Waals surface area (Å²) in [6, 6.07) is 2.05. The number of hydrogen-bond donors (Lipinski definition) is 0. The topological polar surface area (TPSA) is 9.23 Å². The first kappa shape index (κ1) is 10.5. The molecule has 0 amide bonds. The van der Waals surface area contributed by atoms with Gasteiger partial charge in [0.25, 0.3) is 0 Å². The van der Waals surface area contributed by atoms with Gasteiger partial charge in [-0.1, -0.05) is 23.2 Å². The minimum Gasteiger partial charge on any atom is -0.497 e. The molecule has 0 aliphatic carbocycles. The van der Waals surface area contributed by atoms with E-state index in [-0.39, 0.29) is 11.3 Å². The molecule has 0 saturated heterocycles.